The summed E-state index contributed by atoms with van der Waals surface area (Å²) < 4.78 is 27.7. The zero-order chi connectivity index (χ0) is 8.69. The predicted octanol–water partition coefficient (Wildman–Crippen LogP) is 1.67. The SMILES string of the molecule is N#CC(F)=COC=C(F)C#N. The van der Waals surface area contributed by atoms with Crippen molar-refractivity contribution >= 4 is 0 Å². The van der Waals surface area contributed by atoms with Gasteiger partial charge in [0.15, 0.2) is 0 Å². The van der Waals surface area contributed by atoms with Crippen LogP contribution in [0.3, 0.4) is 0 Å². The van der Waals surface area contributed by atoms with Crippen LogP contribution in [0.5, 0.6) is 0 Å². The third-order valence-electron chi connectivity index (χ3n) is 0.557. The van der Waals surface area contributed by atoms with Gasteiger partial charge in [-0.2, -0.15) is 19.3 Å². The van der Waals surface area contributed by atoms with Gasteiger partial charge in [-0.05, 0) is 0 Å². The van der Waals surface area contributed by atoms with E-state index in [0.717, 1.165) is 12.1 Å². The molecule has 3 nitrogen and oxygen atoms in total. The quantitative estimate of drug-likeness (QED) is 0.451. The number of ether oxygens (including phenoxy) is 1. The fraction of sp³-hybridized carbons (Fsp3) is 0. The molecule has 0 aromatic heterocycles. The largest absolute Gasteiger partial charge is 0.465 e. The highest BCUT2D eigenvalue weighted by Crippen LogP contribution is 1.97. The second-order valence-corrected chi connectivity index (χ2v) is 1.29. The highest BCUT2D eigenvalue weighted by atomic mass is 19.1. The molecule has 0 aromatic carbocycles. The first kappa shape index (κ1) is 9.12. The molecule has 5 heteroatoms. The molecule has 0 bridgehead atoms. The predicted molar refractivity (Wildman–Crippen MR) is 30.7 cm³/mol. The average molecular weight is 156 g/mol. The summed E-state index contributed by atoms with van der Waals surface area (Å²) in [4.78, 5) is 0. The van der Waals surface area contributed by atoms with Crippen LogP contribution in [0.1, 0.15) is 0 Å². The molecular weight excluding hydrogens is 154 g/mol. The van der Waals surface area contributed by atoms with Crippen molar-refractivity contribution in [1.29, 1.82) is 10.5 Å². The van der Waals surface area contributed by atoms with E-state index in [4.69, 9.17) is 10.5 Å². The normalized spacial score (nSPS) is 11.6. The van der Waals surface area contributed by atoms with Crippen LogP contribution in [0, 0.1) is 22.7 Å². The third kappa shape index (κ3) is 4.61. The lowest BCUT2D eigenvalue weighted by Crippen LogP contribution is -1.72. The van der Waals surface area contributed by atoms with Gasteiger partial charge in [0.25, 0.3) is 0 Å². The molecule has 0 aromatic rings. The number of halogens is 2. The lowest BCUT2D eigenvalue weighted by Gasteiger charge is -1.85. The minimum absolute atomic E-state index is 0.386. The van der Waals surface area contributed by atoms with Gasteiger partial charge >= 0.3 is 0 Å². The Morgan fingerprint density at radius 1 is 1.09 bits per heavy atom. The van der Waals surface area contributed by atoms with Gasteiger partial charge in [-0.3, -0.25) is 0 Å². The number of nitrogens with zero attached hydrogens (tertiary/aromatic N) is 2. The number of nitriles is 2. The molecule has 0 fully saturated rings. The maximum Gasteiger partial charge on any atom is 0.234 e. The number of rotatable bonds is 2. The molecule has 0 heterocycles. The summed E-state index contributed by atoms with van der Waals surface area (Å²) in [5, 5.41) is 15.6. The molecule has 0 aliphatic carbocycles. The molecule has 0 aliphatic rings. The molecule has 0 N–H and O–H groups in total. The summed E-state index contributed by atoms with van der Waals surface area (Å²) in [6.07, 6.45) is 0.772. The Kier molecular flexibility index (Phi) is 4.10. The summed E-state index contributed by atoms with van der Waals surface area (Å²) in [7, 11) is 0. The van der Waals surface area contributed by atoms with E-state index in [0.29, 0.717) is 12.5 Å². The minimum atomic E-state index is -1.20. The third-order valence-corrected chi connectivity index (χ3v) is 0.557. The van der Waals surface area contributed by atoms with Crippen LogP contribution in [0.2, 0.25) is 0 Å². The van der Waals surface area contributed by atoms with Gasteiger partial charge in [0.2, 0.25) is 11.7 Å². The first-order chi connectivity index (χ1) is 5.20. The van der Waals surface area contributed by atoms with E-state index >= 15 is 0 Å². The fourth-order valence-electron chi connectivity index (χ4n) is 0.206. The van der Waals surface area contributed by atoms with E-state index in [1.165, 1.54) is 0 Å². The zero-order valence-corrected chi connectivity index (χ0v) is 5.21. The van der Waals surface area contributed by atoms with Crippen molar-refractivity contribution in [2.24, 2.45) is 0 Å². The van der Waals surface area contributed by atoms with Crippen LogP contribution >= 0.6 is 0 Å². The molecule has 0 saturated carbocycles. The van der Waals surface area contributed by atoms with E-state index < -0.39 is 11.7 Å². The van der Waals surface area contributed by atoms with Crippen LogP contribution in [0.4, 0.5) is 8.78 Å². The van der Waals surface area contributed by atoms with Crippen molar-refractivity contribution in [3.8, 4) is 12.1 Å². The van der Waals surface area contributed by atoms with Gasteiger partial charge in [0, 0.05) is 0 Å². The van der Waals surface area contributed by atoms with Crippen LogP contribution in [-0.2, 0) is 4.74 Å². The molecule has 0 rings (SSSR count). The van der Waals surface area contributed by atoms with Crippen molar-refractivity contribution in [2.45, 2.75) is 0 Å². The lowest BCUT2D eigenvalue weighted by atomic mass is 10.6. The van der Waals surface area contributed by atoms with Gasteiger partial charge in [-0.25, -0.2) is 0 Å². The molecule has 0 aliphatic heterocycles. The van der Waals surface area contributed by atoms with E-state index in [-0.39, 0.29) is 0 Å². The number of allylic oxidation sites excluding steroid dienone is 2. The van der Waals surface area contributed by atoms with Crippen molar-refractivity contribution < 1.29 is 13.5 Å². The second-order valence-electron chi connectivity index (χ2n) is 1.29. The molecule has 0 amide bonds. The first-order valence-corrected chi connectivity index (χ1v) is 2.37. The molecule has 0 spiro atoms. The maximum absolute atomic E-state index is 11.8. The highest BCUT2D eigenvalue weighted by Gasteiger charge is 1.90. The van der Waals surface area contributed by atoms with Crippen molar-refractivity contribution in [1.82, 2.24) is 0 Å². The monoisotopic (exact) mass is 156 g/mol. The molecule has 0 unspecified atom stereocenters. The van der Waals surface area contributed by atoms with E-state index in [1.807, 2.05) is 0 Å². The topological polar surface area (TPSA) is 56.8 Å². The molecule has 11 heavy (non-hydrogen) atoms. The molecule has 0 saturated heterocycles. The van der Waals surface area contributed by atoms with Crippen LogP contribution in [0.25, 0.3) is 0 Å². The first-order valence-electron chi connectivity index (χ1n) is 2.37. The van der Waals surface area contributed by atoms with E-state index in [2.05, 4.69) is 4.74 Å². The van der Waals surface area contributed by atoms with E-state index in [9.17, 15) is 8.78 Å². The Bertz CT molecular complexity index is 241. The number of hydrogen-bond donors (Lipinski definition) is 0. The smallest absolute Gasteiger partial charge is 0.234 e. The summed E-state index contributed by atoms with van der Waals surface area (Å²) in [6, 6.07) is 2.18. The maximum atomic E-state index is 11.8. The molecular formula is C6H2F2N2O. The van der Waals surface area contributed by atoms with Gasteiger partial charge in [-0.15, -0.1) is 0 Å². The molecule has 56 valence electrons. The Balaban J connectivity index is 3.96. The summed E-state index contributed by atoms with van der Waals surface area (Å²) in [5.74, 6) is -2.40. The van der Waals surface area contributed by atoms with Crippen LogP contribution in [0.15, 0.2) is 24.2 Å². The van der Waals surface area contributed by atoms with Gasteiger partial charge in [0.05, 0.1) is 0 Å². The second kappa shape index (κ2) is 4.95. The average Bonchev–Trinajstić information content (AvgIpc) is 2.04. The minimum Gasteiger partial charge on any atom is -0.465 e. The Morgan fingerprint density at radius 3 is 1.73 bits per heavy atom. The van der Waals surface area contributed by atoms with Gasteiger partial charge in [-0.1, -0.05) is 0 Å². The van der Waals surface area contributed by atoms with Crippen molar-refractivity contribution in [3.05, 3.63) is 24.2 Å². The van der Waals surface area contributed by atoms with Crippen molar-refractivity contribution in [3.63, 3.8) is 0 Å². The van der Waals surface area contributed by atoms with Crippen LogP contribution in [-0.4, -0.2) is 0 Å². The Hall–Kier alpha value is -1.88. The standard InChI is InChI=1S/C6H2F2N2O/c7-5(1-9)3-11-4-6(8)2-10/h3-4H. The van der Waals surface area contributed by atoms with Crippen molar-refractivity contribution in [2.75, 3.05) is 0 Å². The summed E-state index contributed by atoms with van der Waals surface area (Å²) >= 11 is 0. The van der Waals surface area contributed by atoms with Gasteiger partial charge in [0.1, 0.15) is 24.7 Å². The summed E-state index contributed by atoms with van der Waals surface area (Å²) in [6.45, 7) is 0. The Labute approximate surface area is 61.4 Å². The zero-order valence-electron chi connectivity index (χ0n) is 5.21. The lowest BCUT2D eigenvalue weighted by molar-refractivity contribution is 0.372. The molecule has 0 atom stereocenters. The fourth-order valence-corrected chi connectivity index (χ4v) is 0.206. The molecule has 0 radical (unpaired) electrons. The van der Waals surface area contributed by atoms with Gasteiger partial charge < -0.3 is 4.74 Å². The van der Waals surface area contributed by atoms with E-state index in [1.54, 1.807) is 0 Å². The Morgan fingerprint density at radius 2 is 1.45 bits per heavy atom. The number of hydrogen-bond acceptors (Lipinski definition) is 3. The highest BCUT2D eigenvalue weighted by molar-refractivity contribution is 5.11. The van der Waals surface area contributed by atoms with Crippen LogP contribution < -0.4 is 0 Å². The summed E-state index contributed by atoms with van der Waals surface area (Å²) in [5.41, 5.74) is 0.